The number of unbranched alkanes of at least 4 members (excludes halogenated alkanes) is 1. The molecule has 4 rings (SSSR count). The quantitative estimate of drug-likeness (QED) is 0.161. The second kappa shape index (κ2) is 14.3. The summed E-state index contributed by atoms with van der Waals surface area (Å²) >= 11 is 0. The predicted octanol–water partition coefficient (Wildman–Crippen LogP) is 5.11. The van der Waals surface area contributed by atoms with E-state index in [0.29, 0.717) is 50.7 Å². The molecule has 1 amide bonds. The molecule has 1 atom stereocenters. The number of hydrogen-bond donors (Lipinski definition) is 1. The first-order valence-electron chi connectivity index (χ1n) is 14.5. The summed E-state index contributed by atoms with van der Waals surface area (Å²) in [6, 6.07) is 12.2. The summed E-state index contributed by atoms with van der Waals surface area (Å²) < 4.78 is 17.0. The summed E-state index contributed by atoms with van der Waals surface area (Å²) in [5, 5.41) is 11.5. The van der Waals surface area contributed by atoms with Gasteiger partial charge < -0.3 is 24.2 Å². The highest BCUT2D eigenvalue weighted by Crippen LogP contribution is 2.40. The molecule has 0 spiro atoms. The minimum absolute atomic E-state index is 0.112. The molecule has 2 fully saturated rings. The molecule has 2 aliphatic rings. The normalized spacial score (nSPS) is 19.3. The van der Waals surface area contributed by atoms with Crippen LogP contribution in [0.25, 0.3) is 5.76 Å². The summed E-state index contributed by atoms with van der Waals surface area (Å²) in [5.74, 6) is 0.0247. The van der Waals surface area contributed by atoms with Crippen LogP contribution in [0.1, 0.15) is 62.3 Å². The average molecular weight is 551 g/mol. The van der Waals surface area contributed by atoms with E-state index in [1.807, 2.05) is 44.2 Å². The van der Waals surface area contributed by atoms with E-state index < -0.39 is 17.7 Å². The maximum Gasteiger partial charge on any atom is 0.295 e. The van der Waals surface area contributed by atoms with E-state index in [4.69, 9.17) is 14.2 Å². The number of morpholine rings is 1. The van der Waals surface area contributed by atoms with Gasteiger partial charge in [-0.3, -0.25) is 14.5 Å². The van der Waals surface area contributed by atoms with Crippen molar-refractivity contribution in [3.63, 3.8) is 0 Å². The zero-order valence-corrected chi connectivity index (χ0v) is 24.0. The summed E-state index contributed by atoms with van der Waals surface area (Å²) in [6.07, 6.45) is 3.61. The molecule has 2 aliphatic heterocycles. The summed E-state index contributed by atoms with van der Waals surface area (Å²) in [4.78, 5) is 30.7. The van der Waals surface area contributed by atoms with Crippen molar-refractivity contribution in [2.45, 2.75) is 52.5 Å². The van der Waals surface area contributed by atoms with Crippen LogP contribution in [-0.4, -0.2) is 79.2 Å². The van der Waals surface area contributed by atoms with Crippen molar-refractivity contribution in [2.24, 2.45) is 0 Å². The van der Waals surface area contributed by atoms with Crippen LogP contribution in [-0.2, 0) is 14.3 Å². The van der Waals surface area contributed by atoms with Crippen LogP contribution in [0.3, 0.4) is 0 Å². The number of likely N-dealkylation sites (tertiary alicyclic amines) is 1. The van der Waals surface area contributed by atoms with Crippen molar-refractivity contribution in [1.29, 1.82) is 0 Å². The molecule has 2 aromatic carbocycles. The third-order valence-corrected chi connectivity index (χ3v) is 7.41. The minimum atomic E-state index is -0.690. The molecule has 1 unspecified atom stereocenters. The minimum Gasteiger partial charge on any atom is -0.507 e. The van der Waals surface area contributed by atoms with Crippen LogP contribution in [0.5, 0.6) is 11.5 Å². The molecule has 8 nitrogen and oxygen atoms in total. The lowest BCUT2D eigenvalue weighted by Crippen LogP contribution is -2.38. The van der Waals surface area contributed by atoms with E-state index >= 15 is 0 Å². The number of aryl methyl sites for hydroxylation is 1. The lowest BCUT2D eigenvalue weighted by molar-refractivity contribution is -0.140. The van der Waals surface area contributed by atoms with E-state index in [1.54, 1.807) is 17.0 Å². The predicted molar refractivity (Wildman–Crippen MR) is 155 cm³/mol. The second-order valence-corrected chi connectivity index (χ2v) is 10.4. The van der Waals surface area contributed by atoms with Crippen molar-refractivity contribution in [2.75, 3.05) is 52.6 Å². The molecule has 0 radical (unpaired) electrons. The number of aliphatic hydroxyl groups is 1. The number of ketones is 1. The Bertz CT molecular complexity index is 1190. The molecule has 8 heteroatoms. The molecule has 2 aromatic rings. The van der Waals surface area contributed by atoms with Gasteiger partial charge in [0.25, 0.3) is 11.7 Å². The summed E-state index contributed by atoms with van der Waals surface area (Å²) in [7, 11) is 0. The van der Waals surface area contributed by atoms with Crippen LogP contribution in [0.4, 0.5) is 0 Å². The van der Waals surface area contributed by atoms with Crippen molar-refractivity contribution >= 4 is 17.4 Å². The fraction of sp³-hybridized carbons (Fsp3) is 0.500. The molecule has 0 saturated carbocycles. The zero-order valence-electron chi connectivity index (χ0n) is 24.0. The molecule has 2 heterocycles. The van der Waals surface area contributed by atoms with Gasteiger partial charge in [0, 0.05) is 31.7 Å². The van der Waals surface area contributed by atoms with Gasteiger partial charge in [-0.25, -0.2) is 0 Å². The fourth-order valence-electron chi connectivity index (χ4n) is 5.18. The number of carbonyl (C=O) groups is 2. The Morgan fingerprint density at radius 3 is 2.30 bits per heavy atom. The number of aliphatic hydroxyl groups excluding tert-OH is 1. The highest BCUT2D eigenvalue weighted by Gasteiger charge is 2.46. The molecule has 0 aromatic heterocycles. The van der Waals surface area contributed by atoms with E-state index in [-0.39, 0.29) is 11.3 Å². The number of carbonyl (C=O) groups excluding carboxylic acids is 2. The molecule has 40 heavy (non-hydrogen) atoms. The van der Waals surface area contributed by atoms with Gasteiger partial charge in [0.15, 0.2) is 0 Å². The Kier molecular flexibility index (Phi) is 10.6. The fourth-order valence-corrected chi connectivity index (χ4v) is 5.18. The number of hydrogen-bond acceptors (Lipinski definition) is 7. The molecule has 2 saturated heterocycles. The lowest BCUT2D eigenvalue weighted by Gasteiger charge is -2.29. The molecule has 1 N–H and O–H groups in total. The van der Waals surface area contributed by atoms with Crippen LogP contribution < -0.4 is 9.47 Å². The highest BCUT2D eigenvalue weighted by molar-refractivity contribution is 6.46. The van der Waals surface area contributed by atoms with Crippen molar-refractivity contribution < 1.29 is 28.9 Å². The maximum atomic E-state index is 13.5. The van der Waals surface area contributed by atoms with Gasteiger partial charge in [0.2, 0.25) is 0 Å². The van der Waals surface area contributed by atoms with Gasteiger partial charge in [-0.1, -0.05) is 32.4 Å². The number of ether oxygens (including phenoxy) is 3. The summed E-state index contributed by atoms with van der Waals surface area (Å²) in [5.41, 5.74) is 2.15. The van der Waals surface area contributed by atoms with Gasteiger partial charge in [0.05, 0.1) is 38.0 Å². The first-order valence-corrected chi connectivity index (χ1v) is 14.5. The largest absolute Gasteiger partial charge is 0.507 e. The first-order chi connectivity index (χ1) is 19.4. The van der Waals surface area contributed by atoms with Crippen LogP contribution in [0.2, 0.25) is 0 Å². The Labute approximate surface area is 237 Å². The standard InChI is InChI=1S/C32H42N2O6/c1-4-6-19-40-25-10-8-24(9-11-25)29-28(30(35)27-13-12-26(22-23(27)3)39-18-5-2)31(36)32(37)34(29)15-7-14-33-16-20-38-21-17-33/h8-13,22,29,35H,4-7,14-21H2,1-3H3. The lowest BCUT2D eigenvalue weighted by atomic mass is 9.93. The Morgan fingerprint density at radius 1 is 0.925 bits per heavy atom. The average Bonchev–Trinajstić information content (AvgIpc) is 3.22. The number of Topliss-reactive ketones (excluding diaryl/α,β-unsaturated/α-hetero) is 1. The Morgan fingerprint density at radius 2 is 1.62 bits per heavy atom. The van der Waals surface area contributed by atoms with E-state index in [2.05, 4.69) is 11.8 Å². The third-order valence-electron chi connectivity index (χ3n) is 7.41. The van der Waals surface area contributed by atoms with Gasteiger partial charge in [-0.15, -0.1) is 0 Å². The monoisotopic (exact) mass is 550 g/mol. The van der Waals surface area contributed by atoms with Gasteiger partial charge >= 0.3 is 0 Å². The van der Waals surface area contributed by atoms with Gasteiger partial charge in [-0.2, -0.15) is 0 Å². The molecular weight excluding hydrogens is 508 g/mol. The van der Waals surface area contributed by atoms with E-state index in [0.717, 1.165) is 55.8 Å². The molecule has 0 aliphatic carbocycles. The number of rotatable bonds is 13. The second-order valence-electron chi connectivity index (χ2n) is 10.4. The number of nitrogens with zero attached hydrogens (tertiary/aromatic N) is 2. The van der Waals surface area contributed by atoms with Gasteiger partial charge in [0.1, 0.15) is 17.3 Å². The van der Waals surface area contributed by atoms with E-state index in [9.17, 15) is 14.7 Å². The third kappa shape index (κ3) is 7.04. The van der Waals surface area contributed by atoms with Crippen molar-refractivity contribution in [3.05, 3.63) is 64.7 Å². The first kappa shape index (κ1) is 29.6. The summed E-state index contributed by atoms with van der Waals surface area (Å²) in [6.45, 7) is 11.6. The maximum absolute atomic E-state index is 13.5. The van der Waals surface area contributed by atoms with Crippen molar-refractivity contribution in [3.8, 4) is 11.5 Å². The smallest absolute Gasteiger partial charge is 0.295 e. The van der Waals surface area contributed by atoms with Gasteiger partial charge in [-0.05, 0) is 67.6 Å². The molecular formula is C32H42N2O6. The van der Waals surface area contributed by atoms with E-state index in [1.165, 1.54) is 0 Å². The molecule has 216 valence electrons. The van der Waals surface area contributed by atoms with Crippen molar-refractivity contribution in [1.82, 2.24) is 9.80 Å². The zero-order chi connectivity index (χ0) is 28.5. The topological polar surface area (TPSA) is 88.5 Å². The Balaban J connectivity index is 1.65. The highest BCUT2D eigenvalue weighted by atomic mass is 16.5. The van der Waals surface area contributed by atoms with Crippen LogP contribution >= 0.6 is 0 Å². The van der Waals surface area contributed by atoms with Crippen LogP contribution in [0.15, 0.2) is 48.0 Å². The Hall–Kier alpha value is -3.36. The number of benzene rings is 2. The number of amides is 1. The molecule has 0 bridgehead atoms. The SMILES string of the molecule is CCCCOc1ccc(C2C(=C(O)c3ccc(OCCC)cc3C)C(=O)C(=O)N2CCCN2CCOCC2)cc1. The van der Waals surface area contributed by atoms with Crippen LogP contribution in [0, 0.1) is 6.92 Å².